The molecule has 0 aromatic carbocycles. The lowest BCUT2D eigenvalue weighted by Gasteiger charge is -1.92. The minimum atomic E-state index is -0.934. The number of carboxylic acids is 1. The second kappa shape index (κ2) is 4.21. The Kier molecular flexibility index (Phi) is 2.54. The number of aromatic nitrogens is 5. The van der Waals surface area contributed by atoms with Crippen molar-refractivity contribution in [3.63, 3.8) is 0 Å². The monoisotopic (exact) mass is 249 g/mol. The van der Waals surface area contributed by atoms with Crippen LogP contribution in [0.25, 0.3) is 0 Å². The summed E-state index contributed by atoms with van der Waals surface area (Å²) in [4.78, 5) is 14.8. The summed E-state index contributed by atoms with van der Waals surface area (Å²) in [5.74, 6) is 0.719. The number of carbonyl (C=O) groups is 1. The summed E-state index contributed by atoms with van der Waals surface area (Å²) < 4.78 is 6.58. The predicted octanol–water partition coefficient (Wildman–Crippen LogP) is 0.214. The van der Waals surface area contributed by atoms with E-state index in [2.05, 4.69) is 20.5 Å². The minimum Gasteiger partial charge on any atom is -0.481 e. The Bertz CT molecular complexity index is 572. The largest absolute Gasteiger partial charge is 0.481 e. The molecule has 0 spiro atoms. The number of hydrogen-bond acceptors (Lipinski definition) is 6. The van der Waals surface area contributed by atoms with Gasteiger partial charge in [-0.2, -0.15) is 4.98 Å². The lowest BCUT2D eigenvalue weighted by molar-refractivity contribution is -0.136. The van der Waals surface area contributed by atoms with Gasteiger partial charge in [0.1, 0.15) is 6.54 Å². The minimum absolute atomic E-state index is 0.142. The van der Waals surface area contributed by atoms with Crippen LogP contribution in [0.2, 0.25) is 0 Å². The van der Waals surface area contributed by atoms with Gasteiger partial charge in [-0.15, -0.1) is 5.10 Å². The molecule has 1 N–H and O–H groups in total. The maximum atomic E-state index is 10.5. The molecule has 0 amide bonds. The van der Waals surface area contributed by atoms with Gasteiger partial charge in [0, 0.05) is 12.1 Å². The Labute approximate surface area is 102 Å². The zero-order valence-electron chi connectivity index (χ0n) is 9.48. The van der Waals surface area contributed by atoms with Crippen LogP contribution in [0.5, 0.6) is 0 Å². The summed E-state index contributed by atoms with van der Waals surface area (Å²) >= 11 is 0. The van der Waals surface area contributed by atoms with Gasteiger partial charge in [-0.1, -0.05) is 10.4 Å². The average molecular weight is 249 g/mol. The van der Waals surface area contributed by atoms with Gasteiger partial charge in [-0.05, 0) is 12.8 Å². The zero-order chi connectivity index (χ0) is 12.5. The van der Waals surface area contributed by atoms with Gasteiger partial charge in [-0.3, -0.25) is 4.79 Å². The molecular formula is C10H11N5O3. The molecule has 1 saturated carbocycles. The van der Waals surface area contributed by atoms with Crippen molar-refractivity contribution in [2.24, 2.45) is 0 Å². The molecule has 1 aliphatic carbocycles. The lowest BCUT2D eigenvalue weighted by Crippen LogP contribution is -2.01. The summed E-state index contributed by atoms with van der Waals surface area (Å²) in [6, 6.07) is 0. The van der Waals surface area contributed by atoms with Crippen LogP contribution < -0.4 is 0 Å². The second-order valence-corrected chi connectivity index (χ2v) is 4.30. The predicted molar refractivity (Wildman–Crippen MR) is 56.7 cm³/mol. The van der Waals surface area contributed by atoms with E-state index in [0.29, 0.717) is 24.0 Å². The Morgan fingerprint density at radius 3 is 3.11 bits per heavy atom. The Balaban J connectivity index is 1.67. The molecule has 8 nitrogen and oxygen atoms in total. The smallest absolute Gasteiger partial charge is 0.309 e. The molecule has 0 atom stereocenters. The third-order valence-corrected chi connectivity index (χ3v) is 2.64. The maximum absolute atomic E-state index is 10.5. The molecule has 2 heterocycles. The van der Waals surface area contributed by atoms with Crippen LogP contribution in [-0.2, 0) is 17.8 Å². The van der Waals surface area contributed by atoms with Gasteiger partial charge in [0.25, 0.3) is 0 Å². The Hall–Kier alpha value is -2.25. The zero-order valence-corrected chi connectivity index (χ0v) is 9.48. The summed E-state index contributed by atoms with van der Waals surface area (Å²) in [5.41, 5.74) is 0.407. The van der Waals surface area contributed by atoms with Crippen molar-refractivity contribution in [1.82, 2.24) is 25.1 Å². The first-order chi connectivity index (χ1) is 8.70. The van der Waals surface area contributed by atoms with Crippen molar-refractivity contribution >= 4 is 5.97 Å². The van der Waals surface area contributed by atoms with E-state index in [1.165, 1.54) is 4.68 Å². The van der Waals surface area contributed by atoms with Gasteiger partial charge < -0.3 is 9.63 Å². The van der Waals surface area contributed by atoms with Crippen LogP contribution in [0.1, 0.15) is 36.2 Å². The van der Waals surface area contributed by atoms with Crippen molar-refractivity contribution < 1.29 is 14.4 Å². The quantitative estimate of drug-likeness (QED) is 0.807. The molecule has 18 heavy (non-hydrogen) atoms. The van der Waals surface area contributed by atoms with Crippen molar-refractivity contribution in [2.75, 3.05) is 0 Å². The molecule has 0 aliphatic heterocycles. The number of nitrogens with zero attached hydrogens (tertiary/aromatic N) is 5. The number of aliphatic carboxylic acids is 1. The topological polar surface area (TPSA) is 107 Å². The van der Waals surface area contributed by atoms with Crippen LogP contribution in [0.15, 0.2) is 10.7 Å². The summed E-state index contributed by atoms with van der Waals surface area (Å²) in [5, 5.41) is 20.1. The number of hydrogen-bond donors (Lipinski definition) is 1. The van der Waals surface area contributed by atoms with Gasteiger partial charge in [0.15, 0.2) is 5.82 Å². The fourth-order valence-electron chi connectivity index (χ4n) is 1.63. The van der Waals surface area contributed by atoms with E-state index in [1.807, 2.05) is 0 Å². The SMILES string of the molecule is O=C(O)Cc1cn(Cc2nc(C3CC3)no2)nn1. The molecule has 2 aromatic heterocycles. The van der Waals surface area contributed by atoms with Gasteiger partial charge >= 0.3 is 5.97 Å². The van der Waals surface area contributed by atoms with Gasteiger partial charge in [0.05, 0.1) is 12.1 Å². The first kappa shape index (κ1) is 10.9. The molecule has 8 heteroatoms. The van der Waals surface area contributed by atoms with Crippen LogP contribution in [0.3, 0.4) is 0 Å². The molecule has 0 saturated heterocycles. The summed E-state index contributed by atoms with van der Waals surface area (Å²) in [6.45, 7) is 0.312. The van der Waals surface area contributed by atoms with Gasteiger partial charge in [-0.25, -0.2) is 4.68 Å². The Morgan fingerprint density at radius 2 is 2.39 bits per heavy atom. The van der Waals surface area contributed by atoms with E-state index in [0.717, 1.165) is 18.7 Å². The molecule has 0 radical (unpaired) electrons. The van der Waals surface area contributed by atoms with E-state index in [9.17, 15) is 4.79 Å². The van der Waals surface area contributed by atoms with E-state index in [-0.39, 0.29) is 6.42 Å². The summed E-state index contributed by atoms with van der Waals surface area (Å²) in [6.07, 6.45) is 3.66. The molecule has 1 aliphatic rings. The van der Waals surface area contributed by atoms with Crippen LogP contribution in [0.4, 0.5) is 0 Å². The average Bonchev–Trinajstić information content (AvgIpc) is 2.92. The van der Waals surface area contributed by atoms with Crippen LogP contribution in [0, 0.1) is 0 Å². The highest BCUT2D eigenvalue weighted by molar-refractivity contribution is 5.69. The highest BCUT2D eigenvalue weighted by atomic mass is 16.5. The molecular weight excluding hydrogens is 238 g/mol. The second-order valence-electron chi connectivity index (χ2n) is 4.30. The molecule has 3 rings (SSSR count). The molecule has 94 valence electrons. The lowest BCUT2D eigenvalue weighted by atomic mass is 10.3. The molecule has 0 bridgehead atoms. The normalized spacial score (nSPS) is 14.9. The first-order valence-electron chi connectivity index (χ1n) is 5.64. The Morgan fingerprint density at radius 1 is 1.56 bits per heavy atom. The fourth-order valence-corrected chi connectivity index (χ4v) is 1.63. The molecule has 1 fully saturated rings. The highest BCUT2D eigenvalue weighted by Gasteiger charge is 2.28. The van der Waals surface area contributed by atoms with Crippen molar-refractivity contribution in [1.29, 1.82) is 0 Å². The van der Waals surface area contributed by atoms with Crippen molar-refractivity contribution in [2.45, 2.75) is 31.7 Å². The third kappa shape index (κ3) is 2.36. The molecule has 0 unspecified atom stereocenters. The number of rotatable bonds is 5. The first-order valence-corrected chi connectivity index (χ1v) is 5.64. The fraction of sp³-hybridized carbons (Fsp3) is 0.500. The van der Waals surface area contributed by atoms with Gasteiger partial charge in [0.2, 0.25) is 5.89 Å². The van der Waals surface area contributed by atoms with E-state index in [4.69, 9.17) is 9.63 Å². The molecule has 2 aromatic rings. The van der Waals surface area contributed by atoms with Crippen LogP contribution >= 0.6 is 0 Å². The standard InChI is InChI=1S/C10H11N5O3/c16-9(17)3-7-4-15(14-12-7)5-8-11-10(13-18-8)6-1-2-6/h4,6H,1-3,5H2,(H,16,17). The third-order valence-electron chi connectivity index (χ3n) is 2.64. The van der Waals surface area contributed by atoms with Crippen molar-refractivity contribution in [3.8, 4) is 0 Å². The van der Waals surface area contributed by atoms with E-state index < -0.39 is 5.97 Å². The van der Waals surface area contributed by atoms with E-state index >= 15 is 0 Å². The van der Waals surface area contributed by atoms with Crippen LogP contribution in [-0.4, -0.2) is 36.2 Å². The van der Waals surface area contributed by atoms with E-state index in [1.54, 1.807) is 6.20 Å². The van der Waals surface area contributed by atoms with Crippen molar-refractivity contribution in [3.05, 3.63) is 23.6 Å². The maximum Gasteiger partial charge on any atom is 0.309 e. The summed E-state index contributed by atoms with van der Waals surface area (Å²) in [7, 11) is 0. The number of carboxylic acid groups (broad SMARTS) is 1. The highest BCUT2D eigenvalue weighted by Crippen LogP contribution is 2.38.